The van der Waals surface area contributed by atoms with Gasteiger partial charge in [0.1, 0.15) is 0 Å². The molecular formula is C11H12N2O2. The maximum absolute atomic E-state index is 10.6. The van der Waals surface area contributed by atoms with E-state index < -0.39 is 6.03 Å². The maximum atomic E-state index is 10.6. The fourth-order valence-corrected chi connectivity index (χ4v) is 1.61. The lowest BCUT2D eigenvalue weighted by atomic mass is 9.87. The van der Waals surface area contributed by atoms with Crippen LogP contribution in [0.25, 0.3) is 5.57 Å². The third-order valence-corrected chi connectivity index (χ3v) is 2.51. The van der Waals surface area contributed by atoms with Gasteiger partial charge < -0.3 is 5.73 Å². The summed E-state index contributed by atoms with van der Waals surface area (Å²) in [4.78, 5) is 10.6. The van der Waals surface area contributed by atoms with Gasteiger partial charge in [-0.1, -0.05) is 36.4 Å². The second-order valence-electron chi connectivity index (χ2n) is 3.51. The largest absolute Gasteiger partial charge is 0.350 e. The second kappa shape index (κ2) is 3.74. The Labute approximate surface area is 87.6 Å². The molecule has 0 spiro atoms. The number of nitrogens with zero attached hydrogens (tertiary/aromatic N) is 1. The number of hydroxylamine groups is 2. The highest BCUT2D eigenvalue weighted by Gasteiger charge is 2.27. The Morgan fingerprint density at radius 3 is 2.53 bits per heavy atom. The Bertz CT molecular complexity index is 400. The molecule has 4 heteroatoms. The molecule has 1 atom stereocenters. The first-order valence-electron chi connectivity index (χ1n) is 4.72. The van der Waals surface area contributed by atoms with Gasteiger partial charge in [0.25, 0.3) is 0 Å². The normalized spacial score (nSPS) is 19.0. The molecule has 1 aromatic rings. The van der Waals surface area contributed by atoms with Crippen molar-refractivity contribution in [2.45, 2.75) is 12.5 Å². The fraction of sp³-hybridized carbons (Fsp3) is 0.182. The molecular weight excluding hydrogens is 192 g/mol. The van der Waals surface area contributed by atoms with Crippen LogP contribution in [-0.2, 0) is 0 Å². The third kappa shape index (κ3) is 1.85. The van der Waals surface area contributed by atoms with Crippen molar-refractivity contribution in [1.82, 2.24) is 5.06 Å². The monoisotopic (exact) mass is 204 g/mol. The summed E-state index contributed by atoms with van der Waals surface area (Å²) in [6, 6.07) is 8.74. The van der Waals surface area contributed by atoms with E-state index in [1.54, 1.807) is 0 Å². The van der Waals surface area contributed by atoms with E-state index in [1.807, 2.05) is 36.4 Å². The first-order valence-corrected chi connectivity index (χ1v) is 4.72. The summed E-state index contributed by atoms with van der Waals surface area (Å²) < 4.78 is 0. The number of primary amides is 1. The molecule has 4 nitrogen and oxygen atoms in total. The summed E-state index contributed by atoms with van der Waals surface area (Å²) in [6.45, 7) is 0. The highest BCUT2D eigenvalue weighted by atomic mass is 16.5. The molecule has 15 heavy (non-hydrogen) atoms. The van der Waals surface area contributed by atoms with Gasteiger partial charge in [-0.2, -0.15) is 5.06 Å². The molecule has 0 saturated carbocycles. The van der Waals surface area contributed by atoms with Crippen LogP contribution < -0.4 is 5.73 Å². The number of hydrogen-bond acceptors (Lipinski definition) is 2. The molecule has 0 saturated heterocycles. The topological polar surface area (TPSA) is 66.6 Å². The predicted molar refractivity (Wildman–Crippen MR) is 56.0 cm³/mol. The standard InChI is InChI=1S/C11H12N2O2/c12-11(14)13(15)10-6-9(7-10)8-4-2-1-3-5-8/h1-6,10,15H,7H2,(H2,12,14). The number of nitrogens with two attached hydrogens (primary N) is 1. The average Bonchev–Trinajstić information content (AvgIpc) is 2.17. The lowest BCUT2D eigenvalue weighted by Gasteiger charge is -2.30. The van der Waals surface area contributed by atoms with E-state index >= 15 is 0 Å². The third-order valence-electron chi connectivity index (χ3n) is 2.51. The van der Waals surface area contributed by atoms with Crippen LogP contribution in [0.2, 0.25) is 0 Å². The van der Waals surface area contributed by atoms with Crippen molar-refractivity contribution >= 4 is 11.6 Å². The van der Waals surface area contributed by atoms with E-state index in [4.69, 9.17) is 5.73 Å². The summed E-state index contributed by atoms with van der Waals surface area (Å²) in [5.41, 5.74) is 7.18. The number of urea groups is 1. The molecule has 3 N–H and O–H groups in total. The Morgan fingerprint density at radius 2 is 2.00 bits per heavy atom. The highest BCUT2D eigenvalue weighted by molar-refractivity contribution is 5.76. The molecule has 2 amide bonds. The van der Waals surface area contributed by atoms with E-state index in [2.05, 4.69) is 0 Å². The zero-order valence-corrected chi connectivity index (χ0v) is 8.13. The van der Waals surface area contributed by atoms with Crippen molar-refractivity contribution in [2.75, 3.05) is 0 Å². The van der Waals surface area contributed by atoms with Crippen molar-refractivity contribution in [3.8, 4) is 0 Å². The van der Waals surface area contributed by atoms with Crippen molar-refractivity contribution < 1.29 is 10.0 Å². The van der Waals surface area contributed by atoms with Crippen LogP contribution in [-0.4, -0.2) is 22.3 Å². The molecule has 0 aromatic heterocycles. The van der Waals surface area contributed by atoms with Gasteiger partial charge >= 0.3 is 6.03 Å². The smallest absolute Gasteiger partial charge is 0.339 e. The summed E-state index contributed by atoms with van der Waals surface area (Å²) in [5, 5.41) is 9.79. The van der Waals surface area contributed by atoms with Crippen LogP contribution in [0.15, 0.2) is 36.4 Å². The van der Waals surface area contributed by atoms with Gasteiger partial charge in [0.05, 0.1) is 6.04 Å². The lowest BCUT2D eigenvalue weighted by molar-refractivity contribution is -0.0631. The van der Waals surface area contributed by atoms with Gasteiger partial charge in [-0.15, -0.1) is 0 Å². The molecule has 1 aromatic carbocycles. The van der Waals surface area contributed by atoms with Gasteiger partial charge in [0, 0.05) is 0 Å². The number of carbonyl (C=O) groups excluding carboxylic acids is 1. The minimum Gasteiger partial charge on any atom is -0.350 e. The highest BCUT2D eigenvalue weighted by Crippen LogP contribution is 2.31. The first-order chi connectivity index (χ1) is 7.18. The van der Waals surface area contributed by atoms with E-state index in [1.165, 1.54) is 0 Å². The SMILES string of the molecule is NC(=O)N(O)C1C=C(c2ccccc2)C1. The van der Waals surface area contributed by atoms with Gasteiger partial charge in [0.15, 0.2) is 0 Å². The van der Waals surface area contributed by atoms with E-state index in [9.17, 15) is 10.0 Å². The Kier molecular flexibility index (Phi) is 2.43. The van der Waals surface area contributed by atoms with Crippen LogP contribution in [0.4, 0.5) is 4.79 Å². The van der Waals surface area contributed by atoms with E-state index in [-0.39, 0.29) is 6.04 Å². The van der Waals surface area contributed by atoms with Gasteiger partial charge in [0.2, 0.25) is 0 Å². The molecule has 1 aliphatic carbocycles. The minimum atomic E-state index is -0.816. The van der Waals surface area contributed by atoms with E-state index in [0.717, 1.165) is 11.1 Å². The van der Waals surface area contributed by atoms with Crippen LogP contribution >= 0.6 is 0 Å². The van der Waals surface area contributed by atoms with Crippen molar-refractivity contribution in [3.05, 3.63) is 42.0 Å². The molecule has 2 rings (SSSR count). The van der Waals surface area contributed by atoms with Gasteiger partial charge in [-0.25, -0.2) is 4.79 Å². The van der Waals surface area contributed by atoms with E-state index in [0.29, 0.717) is 11.5 Å². The number of rotatable bonds is 2. The zero-order chi connectivity index (χ0) is 10.8. The fourth-order valence-electron chi connectivity index (χ4n) is 1.61. The molecule has 78 valence electrons. The summed E-state index contributed by atoms with van der Waals surface area (Å²) in [6.07, 6.45) is 2.48. The zero-order valence-electron chi connectivity index (χ0n) is 8.13. The van der Waals surface area contributed by atoms with Crippen LogP contribution in [0.3, 0.4) is 0 Å². The molecule has 0 radical (unpaired) electrons. The molecule has 0 fully saturated rings. The average molecular weight is 204 g/mol. The summed E-state index contributed by atoms with van der Waals surface area (Å²) >= 11 is 0. The molecule has 0 aliphatic heterocycles. The number of hydrogen-bond donors (Lipinski definition) is 2. The van der Waals surface area contributed by atoms with Crippen molar-refractivity contribution in [2.24, 2.45) is 5.73 Å². The Morgan fingerprint density at radius 1 is 1.40 bits per heavy atom. The Balaban J connectivity index is 2.07. The van der Waals surface area contributed by atoms with Crippen molar-refractivity contribution in [3.63, 3.8) is 0 Å². The van der Waals surface area contributed by atoms with Gasteiger partial charge in [-0.05, 0) is 17.6 Å². The Hall–Kier alpha value is -1.81. The first kappa shape index (κ1) is 9.73. The number of amides is 2. The number of benzene rings is 1. The van der Waals surface area contributed by atoms with Crippen LogP contribution in [0, 0.1) is 0 Å². The molecule has 1 unspecified atom stereocenters. The summed E-state index contributed by atoms with van der Waals surface area (Å²) in [7, 11) is 0. The van der Waals surface area contributed by atoms with Crippen LogP contribution in [0.1, 0.15) is 12.0 Å². The minimum absolute atomic E-state index is 0.280. The summed E-state index contributed by atoms with van der Waals surface area (Å²) in [5.74, 6) is 0. The molecule has 0 bridgehead atoms. The van der Waals surface area contributed by atoms with Crippen molar-refractivity contribution in [1.29, 1.82) is 0 Å². The molecule has 1 aliphatic rings. The lowest BCUT2D eigenvalue weighted by Crippen LogP contribution is -2.43. The van der Waals surface area contributed by atoms with Crippen LogP contribution in [0.5, 0.6) is 0 Å². The quantitative estimate of drug-likeness (QED) is 0.567. The second-order valence-corrected chi connectivity index (χ2v) is 3.51. The number of carbonyl (C=O) groups is 1. The van der Waals surface area contributed by atoms with Gasteiger partial charge in [-0.3, -0.25) is 5.21 Å². The molecule has 0 heterocycles. The predicted octanol–water partition coefficient (Wildman–Crippen LogP) is 1.61. The maximum Gasteiger partial charge on any atom is 0.339 e.